The second-order valence-corrected chi connectivity index (χ2v) is 7.96. The number of benzene rings is 4. The summed E-state index contributed by atoms with van der Waals surface area (Å²) in [5.74, 6) is -0.136. The number of hydrogen-bond donors (Lipinski definition) is 1. The van der Waals surface area contributed by atoms with E-state index in [1.165, 1.54) is 0 Å². The largest absolute Gasteiger partial charge is 0.346 e. The molecule has 1 heterocycles. The molecule has 160 valence electrons. The van der Waals surface area contributed by atoms with E-state index >= 15 is 0 Å². The van der Waals surface area contributed by atoms with E-state index in [2.05, 4.69) is 5.32 Å². The maximum absolute atomic E-state index is 13.0. The summed E-state index contributed by atoms with van der Waals surface area (Å²) >= 11 is 0. The van der Waals surface area contributed by atoms with Crippen LogP contribution in [0.2, 0.25) is 0 Å². The number of fused-ring (bicyclic) bond motifs is 1. The number of nitrogens with one attached hydrogen (secondary N) is 1. The van der Waals surface area contributed by atoms with Gasteiger partial charge in [-0.3, -0.25) is 4.79 Å². The van der Waals surface area contributed by atoms with E-state index in [4.69, 9.17) is 9.97 Å². The van der Waals surface area contributed by atoms with Crippen LogP contribution in [0.4, 0.5) is 0 Å². The zero-order chi connectivity index (χ0) is 22.6. The van der Waals surface area contributed by atoms with Gasteiger partial charge in [0.15, 0.2) is 0 Å². The third-order valence-electron chi connectivity index (χ3n) is 5.67. The van der Waals surface area contributed by atoms with Crippen LogP contribution in [0.15, 0.2) is 109 Å². The molecule has 0 aliphatic heterocycles. The fourth-order valence-electron chi connectivity index (χ4n) is 3.90. The van der Waals surface area contributed by atoms with Crippen molar-refractivity contribution in [1.82, 2.24) is 15.3 Å². The second-order valence-electron chi connectivity index (χ2n) is 7.96. The average molecular weight is 430 g/mol. The minimum absolute atomic E-state index is 0.0965. The third kappa shape index (κ3) is 4.37. The first-order chi connectivity index (χ1) is 16.2. The summed E-state index contributed by atoms with van der Waals surface area (Å²) < 4.78 is 0. The minimum atomic E-state index is -0.136. The molecule has 0 spiro atoms. The Balaban J connectivity index is 1.55. The molecule has 0 aliphatic rings. The lowest BCUT2D eigenvalue weighted by Crippen LogP contribution is -2.26. The molecule has 0 saturated carbocycles. The fraction of sp³-hybridized carbons (Fsp3) is 0.0690. The van der Waals surface area contributed by atoms with Gasteiger partial charge in [-0.1, -0.05) is 91.0 Å². The van der Waals surface area contributed by atoms with Crippen molar-refractivity contribution in [2.75, 3.05) is 0 Å². The summed E-state index contributed by atoms with van der Waals surface area (Å²) in [6.45, 7) is 1.98. The SMILES string of the molecule is C[C@H](NC(=O)c1ccc2nc(-c3ccccc3)c(-c3ccccc3)nc2c1)c1ccccc1. The van der Waals surface area contributed by atoms with Gasteiger partial charge < -0.3 is 5.32 Å². The predicted molar refractivity (Wildman–Crippen MR) is 133 cm³/mol. The van der Waals surface area contributed by atoms with Gasteiger partial charge in [-0.2, -0.15) is 0 Å². The van der Waals surface area contributed by atoms with Crippen LogP contribution in [-0.2, 0) is 0 Å². The monoisotopic (exact) mass is 429 g/mol. The Morgan fingerprint density at radius 1 is 0.667 bits per heavy atom. The highest BCUT2D eigenvalue weighted by molar-refractivity contribution is 5.98. The zero-order valence-electron chi connectivity index (χ0n) is 18.3. The normalized spacial score (nSPS) is 11.8. The van der Waals surface area contributed by atoms with Gasteiger partial charge in [0, 0.05) is 16.7 Å². The summed E-state index contributed by atoms with van der Waals surface area (Å²) in [7, 11) is 0. The number of rotatable bonds is 5. The highest BCUT2D eigenvalue weighted by Gasteiger charge is 2.16. The van der Waals surface area contributed by atoms with Gasteiger partial charge in [0.05, 0.1) is 28.5 Å². The summed E-state index contributed by atoms with van der Waals surface area (Å²) in [5.41, 5.74) is 6.67. The van der Waals surface area contributed by atoms with Crippen molar-refractivity contribution in [3.05, 3.63) is 120 Å². The molecule has 5 rings (SSSR count). The van der Waals surface area contributed by atoms with Gasteiger partial charge in [0.1, 0.15) is 0 Å². The molecule has 1 amide bonds. The summed E-state index contributed by atoms with van der Waals surface area (Å²) in [6.07, 6.45) is 0. The molecule has 1 N–H and O–H groups in total. The summed E-state index contributed by atoms with van der Waals surface area (Å²) in [4.78, 5) is 22.9. The smallest absolute Gasteiger partial charge is 0.251 e. The average Bonchev–Trinajstić information content (AvgIpc) is 2.89. The van der Waals surface area contributed by atoms with Gasteiger partial charge in [-0.15, -0.1) is 0 Å². The van der Waals surface area contributed by atoms with Crippen molar-refractivity contribution >= 4 is 16.9 Å². The van der Waals surface area contributed by atoms with Crippen molar-refractivity contribution in [3.8, 4) is 22.5 Å². The van der Waals surface area contributed by atoms with E-state index < -0.39 is 0 Å². The molecule has 33 heavy (non-hydrogen) atoms. The Morgan fingerprint density at radius 2 is 1.18 bits per heavy atom. The third-order valence-corrected chi connectivity index (χ3v) is 5.67. The first-order valence-corrected chi connectivity index (χ1v) is 11.0. The number of amides is 1. The molecule has 0 bridgehead atoms. The van der Waals surface area contributed by atoms with Gasteiger partial charge in [0.25, 0.3) is 5.91 Å². The fourth-order valence-corrected chi connectivity index (χ4v) is 3.90. The van der Waals surface area contributed by atoms with E-state index in [9.17, 15) is 4.79 Å². The van der Waals surface area contributed by atoms with E-state index in [-0.39, 0.29) is 11.9 Å². The first kappa shape index (κ1) is 20.6. The molecule has 0 aliphatic carbocycles. The van der Waals surface area contributed by atoms with Crippen LogP contribution in [0.3, 0.4) is 0 Å². The van der Waals surface area contributed by atoms with Crippen LogP contribution < -0.4 is 5.32 Å². The van der Waals surface area contributed by atoms with Crippen molar-refractivity contribution in [2.24, 2.45) is 0 Å². The van der Waals surface area contributed by atoms with Crippen molar-refractivity contribution in [1.29, 1.82) is 0 Å². The molecule has 0 saturated heterocycles. The van der Waals surface area contributed by atoms with Crippen LogP contribution in [0.25, 0.3) is 33.5 Å². The molecule has 4 heteroatoms. The number of nitrogens with zero attached hydrogens (tertiary/aromatic N) is 2. The van der Waals surface area contributed by atoms with E-state index in [1.54, 1.807) is 6.07 Å². The molecule has 1 aromatic heterocycles. The van der Waals surface area contributed by atoms with Crippen molar-refractivity contribution < 1.29 is 4.79 Å². The summed E-state index contributed by atoms with van der Waals surface area (Å²) in [5, 5.41) is 3.07. The number of aromatic nitrogens is 2. The quantitative estimate of drug-likeness (QED) is 0.349. The van der Waals surface area contributed by atoms with Crippen LogP contribution in [0.5, 0.6) is 0 Å². The Hall–Kier alpha value is -4.31. The maximum atomic E-state index is 13.0. The minimum Gasteiger partial charge on any atom is -0.346 e. The molecule has 0 radical (unpaired) electrons. The Labute approximate surface area is 193 Å². The van der Waals surface area contributed by atoms with Gasteiger partial charge >= 0.3 is 0 Å². The van der Waals surface area contributed by atoms with Crippen LogP contribution in [0.1, 0.15) is 28.9 Å². The predicted octanol–water partition coefficient (Wildman–Crippen LogP) is 6.45. The number of hydrogen-bond acceptors (Lipinski definition) is 3. The topological polar surface area (TPSA) is 54.9 Å². The first-order valence-electron chi connectivity index (χ1n) is 11.0. The van der Waals surface area contributed by atoms with Gasteiger partial charge in [-0.05, 0) is 30.7 Å². The van der Waals surface area contributed by atoms with E-state index in [0.717, 1.165) is 33.6 Å². The van der Waals surface area contributed by atoms with Crippen LogP contribution in [-0.4, -0.2) is 15.9 Å². The molecule has 5 aromatic rings. The second kappa shape index (κ2) is 9.05. The summed E-state index contributed by atoms with van der Waals surface area (Å²) in [6, 6.07) is 35.4. The Morgan fingerprint density at radius 3 is 1.76 bits per heavy atom. The van der Waals surface area contributed by atoms with Crippen molar-refractivity contribution in [3.63, 3.8) is 0 Å². The maximum Gasteiger partial charge on any atom is 0.251 e. The van der Waals surface area contributed by atoms with Gasteiger partial charge in [0.2, 0.25) is 0 Å². The standard InChI is InChI=1S/C29H23N3O/c1-20(21-11-5-2-6-12-21)30-29(33)24-17-18-25-26(19-24)32-28(23-15-9-4-10-16-23)27(31-25)22-13-7-3-8-14-22/h2-20H,1H3,(H,30,33)/t20-/m0/s1. The molecule has 4 aromatic carbocycles. The molecule has 0 unspecified atom stereocenters. The highest BCUT2D eigenvalue weighted by atomic mass is 16.1. The molecular weight excluding hydrogens is 406 g/mol. The molecule has 0 fully saturated rings. The van der Waals surface area contributed by atoms with E-state index in [1.807, 2.05) is 110 Å². The van der Waals surface area contributed by atoms with Gasteiger partial charge in [-0.25, -0.2) is 9.97 Å². The van der Waals surface area contributed by atoms with Crippen LogP contribution in [0, 0.1) is 0 Å². The highest BCUT2D eigenvalue weighted by Crippen LogP contribution is 2.31. The number of carbonyl (C=O) groups is 1. The Bertz CT molecular complexity index is 1400. The lowest BCUT2D eigenvalue weighted by molar-refractivity contribution is 0.0940. The molecule has 1 atom stereocenters. The van der Waals surface area contributed by atoms with E-state index in [0.29, 0.717) is 11.1 Å². The van der Waals surface area contributed by atoms with Crippen LogP contribution >= 0.6 is 0 Å². The lowest BCUT2D eigenvalue weighted by Gasteiger charge is -2.15. The van der Waals surface area contributed by atoms with Crippen molar-refractivity contribution in [2.45, 2.75) is 13.0 Å². The molecule has 4 nitrogen and oxygen atoms in total. The lowest BCUT2D eigenvalue weighted by atomic mass is 10.0. The Kier molecular flexibility index (Phi) is 5.64. The number of carbonyl (C=O) groups excluding carboxylic acids is 1. The zero-order valence-corrected chi connectivity index (χ0v) is 18.3. The molecular formula is C29H23N3O.